The van der Waals surface area contributed by atoms with Crippen molar-refractivity contribution in [3.05, 3.63) is 53.2 Å². The van der Waals surface area contributed by atoms with E-state index >= 15 is 0 Å². The maximum absolute atomic E-state index is 13.6. The molecule has 0 spiro atoms. The maximum atomic E-state index is 13.6. The van der Waals surface area contributed by atoms with Crippen molar-refractivity contribution >= 4 is 17.4 Å². The first-order valence-corrected chi connectivity index (χ1v) is 5.45. The van der Waals surface area contributed by atoms with Crippen molar-refractivity contribution in [2.75, 3.05) is 11.9 Å². The molecule has 0 atom stereocenters. The Balaban J connectivity index is 2.17. The van der Waals surface area contributed by atoms with Crippen LogP contribution in [0.5, 0.6) is 0 Å². The maximum Gasteiger partial charge on any atom is 0.167 e. The van der Waals surface area contributed by atoms with Crippen molar-refractivity contribution in [1.82, 2.24) is 9.97 Å². The monoisotopic (exact) mass is 251 g/mol. The molecular weight excluding hydrogens is 241 g/mol. The van der Waals surface area contributed by atoms with Gasteiger partial charge in [0.15, 0.2) is 11.6 Å². The molecule has 0 saturated carbocycles. The molecule has 0 radical (unpaired) electrons. The zero-order valence-electron chi connectivity index (χ0n) is 9.27. The predicted octanol–water partition coefficient (Wildman–Crippen LogP) is 2.91. The molecule has 0 fully saturated rings. The minimum atomic E-state index is -0.422. The zero-order valence-corrected chi connectivity index (χ0v) is 10.0. The average Bonchev–Trinajstić information content (AvgIpc) is 2.30. The Kier molecular flexibility index (Phi) is 3.54. The topological polar surface area (TPSA) is 29.0 Å². The lowest BCUT2D eigenvalue weighted by atomic mass is 10.2. The molecule has 2 rings (SSSR count). The smallest absolute Gasteiger partial charge is 0.167 e. The highest BCUT2D eigenvalue weighted by molar-refractivity contribution is 6.30. The van der Waals surface area contributed by atoms with Gasteiger partial charge >= 0.3 is 0 Å². The number of aromatic nitrogens is 2. The van der Waals surface area contributed by atoms with Gasteiger partial charge in [0.1, 0.15) is 0 Å². The van der Waals surface area contributed by atoms with Crippen LogP contribution in [0, 0.1) is 5.82 Å². The van der Waals surface area contributed by atoms with E-state index in [1.54, 1.807) is 24.3 Å². The van der Waals surface area contributed by atoms with Crippen LogP contribution in [0.3, 0.4) is 0 Å². The van der Waals surface area contributed by atoms with Crippen LogP contribution in [0.1, 0.15) is 5.56 Å². The molecule has 0 aliphatic carbocycles. The third kappa shape index (κ3) is 2.91. The Labute approximate surface area is 104 Å². The summed E-state index contributed by atoms with van der Waals surface area (Å²) in [5.74, 6) is -0.139. The lowest BCUT2D eigenvalue weighted by molar-refractivity contribution is 0.615. The number of hydrogen-bond acceptors (Lipinski definition) is 3. The lowest BCUT2D eigenvalue weighted by Gasteiger charge is -2.18. The van der Waals surface area contributed by atoms with Gasteiger partial charge in [-0.05, 0) is 23.8 Å². The van der Waals surface area contributed by atoms with Crippen LogP contribution in [0.2, 0.25) is 5.02 Å². The lowest BCUT2D eigenvalue weighted by Crippen LogP contribution is -2.19. The molecule has 5 heteroatoms. The standard InChI is InChI=1S/C12H11ClFN3/c1-17(8-9-2-4-15-5-3-9)12-11(14)6-10(13)7-16-12/h2-7H,8H2,1H3. The van der Waals surface area contributed by atoms with Crippen LogP contribution in [-0.4, -0.2) is 17.0 Å². The van der Waals surface area contributed by atoms with Crippen molar-refractivity contribution in [3.63, 3.8) is 0 Å². The number of hydrogen-bond donors (Lipinski definition) is 0. The van der Waals surface area contributed by atoms with Crippen molar-refractivity contribution in [1.29, 1.82) is 0 Å². The van der Waals surface area contributed by atoms with Gasteiger partial charge in [0, 0.05) is 32.2 Å². The predicted molar refractivity (Wildman–Crippen MR) is 65.5 cm³/mol. The van der Waals surface area contributed by atoms with E-state index < -0.39 is 5.82 Å². The van der Waals surface area contributed by atoms with E-state index in [2.05, 4.69) is 9.97 Å². The van der Waals surface area contributed by atoms with Crippen LogP contribution >= 0.6 is 11.6 Å². The first kappa shape index (κ1) is 11.8. The fourth-order valence-electron chi connectivity index (χ4n) is 1.53. The van der Waals surface area contributed by atoms with Gasteiger partial charge in [0.05, 0.1) is 5.02 Å². The second-order valence-electron chi connectivity index (χ2n) is 3.67. The number of anilines is 1. The third-order valence-electron chi connectivity index (χ3n) is 2.32. The van der Waals surface area contributed by atoms with Gasteiger partial charge in [-0.2, -0.15) is 0 Å². The third-order valence-corrected chi connectivity index (χ3v) is 2.53. The molecule has 0 bridgehead atoms. The molecule has 88 valence electrons. The summed E-state index contributed by atoms with van der Waals surface area (Å²) in [5.41, 5.74) is 1.04. The van der Waals surface area contributed by atoms with E-state index in [0.29, 0.717) is 11.6 Å². The summed E-state index contributed by atoms with van der Waals surface area (Å²) >= 11 is 5.65. The summed E-state index contributed by atoms with van der Waals surface area (Å²) in [4.78, 5) is 9.63. The molecule has 0 N–H and O–H groups in total. The van der Waals surface area contributed by atoms with Crippen LogP contribution in [0.4, 0.5) is 10.2 Å². The molecule has 2 heterocycles. The molecule has 0 aliphatic rings. The van der Waals surface area contributed by atoms with E-state index in [0.717, 1.165) is 5.56 Å². The highest BCUT2D eigenvalue weighted by Crippen LogP contribution is 2.19. The highest BCUT2D eigenvalue weighted by Gasteiger charge is 2.10. The van der Waals surface area contributed by atoms with Crippen molar-refractivity contribution in [3.8, 4) is 0 Å². The molecule has 0 amide bonds. The van der Waals surface area contributed by atoms with Gasteiger partial charge in [-0.3, -0.25) is 4.98 Å². The highest BCUT2D eigenvalue weighted by atomic mass is 35.5. The van der Waals surface area contributed by atoms with E-state index in [1.165, 1.54) is 12.3 Å². The van der Waals surface area contributed by atoms with Crippen molar-refractivity contribution in [2.45, 2.75) is 6.54 Å². The van der Waals surface area contributed by atoms with Gasteiger partial charge in [0.2, 0.25) is 0 Å². The second-order valence-corrected chi connectivity index (χ2v) is 4.11. The second kappa shape index (κ2) is 5.10. The molecule has 0 aromatic carbocycles. The quantitative estimate of drug-likeness (QED) is 0.840. The van der Waals surface area contributed by atoms with E-state index in [4.69, 9.17) is 11.6 Å². The number of nitrogens with zero attached hydrogens (tertiary/aromatic N) is 3. The molecule has 2 aromatic rings. The van der Waals surface area contributed by atoms with Crippen molar-refractivity contribution in [2.24, 2.45) is 0 Å². The van der Waals surface area contributed by atoms with E-state index in [-0.39, 0.29) is 5.82 Å². The summed E-state index contributed by atoms with van der Waals surface area (Å²) < 4.78 is 13.6. The minimum absolute atomic E-state index is 0.284. The Morgan fingerprint density at radius 3 is 2.71 bits per heavy atom. The van der Waals surface area contributed by atoms with Crippen LogP contribution in [0.15, 0.2) is 36.8 Å². The van der Waals surface area contributed by atoms with Gasteiger partial charge in [0.25, 0.3) is 0 Å². The fraction of sp³-hybridized carbons (Fsp3) is 0.167. The SMILES string of the molecule is CN(Cc1ccncc1)c1ncc(Cl)cc1F. The summed E-state index contributed by atoms with van der Waals surface area (Å²) in [7, 11) is 1.78. The molecule has 0 unspecified atom stereocenters. The Hall–Kier alpha value is -1.68. The number of pyridine rings is 2. The molecule has 3 nitrogen and oxygen atoms in total. The molecule has 17 heavy (non-hydrogen) atoms. The summed E-state index contributed by atoms with van der Waals surface area (Å²) in [5, 5.41) is 0.295. The minimum Gasteiger partial charge on any atom is -0.353 e. The number of rotatable bonds is 3. The summed E-state index contributed by atoms with van der Waals surface area (Å²) in [6, 6.07) is 5.02. The first-order chi connectivity index (χ1) is 8.16. The number of halogens is 2. The van der Waals surface area contributed by atoms with Gasteiger partial charge in [-0.15, -0.1) is 0 Å². The van der Waals surface area contributed by atoms with Crippen LogP contribution in [-0.2, 0) is 6.54 Å². The molecule has 0 aliphatic heterocycles. The van der Waals surface area contributed by atoms with Gasteiger partial charge in [-0.1, -0.05) is 11.6 Å². The Bertz CT molecular complexity index is 504. The fourth-order valence-corrected chi connectivity index (χ4v) is 1.67. The largest absolute Gasteiger partial charge is 0.353 e. The molecular formula is C12H11ClFN3. The molecule has 2 aromatic heterocycles. The molecule has 0 saturated heterocycles. The average molecular weight is 252 g/mol. The van der Waals surface area contributed by atoms with Crippen LogP contribution in [0.25, 0.3) is 0 Å². The van der Waals surface area contributed by atoms with E-state index in [9.17, 15) is 4.39 Å². The van der Waals surface area contributed by atoms with E-state index in [1.807, 2.05) is 12.1 Å². The normalized spacial score (nSPS) is 10.3. The van der Waals surface area contributed by atoms with Gasteiger partial charge < -0.3 is 4.90 Å². The van der Waals surface area contributed by atoms with Crippen LogP contribution < -0.4 is 4.90 Å². The van der Waals surface area contributed by atoms with Crippen molar-refractivity contribution < 1.29 is 4.39 Å². The van der Waals surface area contributed by atoms with Gasteiger partial charge in [-0.25, -0.2) is 9.37 Å². The Morgan fingerprint density at radius 2 is 2.06 bits per heavy atom. The first-order valence-electron chi connectivity index (χ1n) is 5.08. The summed E-state index contributed by atoms with van der Waals surface area (Å²) in [6.45, 7) is 0.564. The zero-order chi connectivity index (χ0) is 12.3. The Morgan fingerprint density at radius 1 is 1.35 bits per heavy atom. The summed E-state index contributed by atoms with van der Waals surface area (Å²) in [6.07, 6.45) is 4.84.